The lowest BCUT2D eigenvalue weighted by atomic mass is 10.1. The van der Waals surface area contributed by atoms with Crippen molar-refractivity contribution >= 4 is 27.5 Å². The van der Waals surface area contributed by atoms with Gasteiger partial charge in [-0.2, -0.15) is 0 Å². The Morgan fingerprint density at radius 3 is 2.60 bits per heavy atom. The number of ether oxygens (including phenoxy) is 1. The number of fused-ring (bicyclic) bond motifs is 1. The molecule has 30 heavy (non-hydrogen) atoms. The Bertz CT molecular complexity index is 1170. The first kappa shape index (κ1) is 20.2. The van der Waals surface area contributed by atoms with Crippen LogP contribution in [0.25, 0.3) is 10.2 Å². The van der Waals surface area contributed by atoms with Crippen LogP contribution in [0.15, 0.2) is 60.7 Å². The monoisotopic (exact) mass is 418 g/mol. The molecule has 4 rings (SSSR count). The summed E-state index contributed by atoms with van der Waals surface area (Å²) < 4.78 is 8.68. The number of rotatable bonds is 7. The summed E-state index contributed by atoms with van der Waals surface area (Å²) in [5.74, 6) is 0.809. The number of thiophene rings is 1. The SMILES string of the molecule is COc1ccccc1CCNC(=O)c1cc2sc(C)cc2n1Cc1ccc(C)cc1. The van der Waals surface area contributed by atoms with E-state index in [0.717, 1.165) is 28.0 Å². The van der Waals surface area contributed by atoms with E-state index in [1.165, 1.54) is 16.0 Å². The third-order valence-corrected chi connectivity index (χ3v) is 6.27. The summed E-state index contributed by atoms with van der Waals surface area (Å²) in [5.41, 5.74) is 5.33. The average molecular weight is 419 g/mol. The fourth-order valence-electron chi connectivity index (χ4n) is 3.71. The summed E-state index contributed by atoms with van der Waals surface area (Å²) in [5, 5.41) is 3.09. The highest BCUT2D eigenvalue weighted by atomic mass is 32.1. The first-order chi connectivity index (χ1) is 14.5. The highest BCUT2D eigenvalue weighted by Crippen LogP contribution is 2.29. The Hall–Kier alpha value is -3.05. The van der Waals surface area contributed by atoms with Crippen molar-refractivity contribution in [1.82, 2.24) is 9.88 Å². The lowest BCUT2D eigenvalue weighted by Crippen LogP contribution is -2.28. The van der Waals surface area contributed by atoms with Gasteiger partial charge in [0.05, 0.1) is 17.3 Å². The van der Waals surface area contributed by atoms with E-state index in [2.05, 4.69) is 54.1 Å². The van der Waals surface area contributed by atoms with Crippen LogP contribution in [0.4, 0.5) is 0 Å². The predicted molar refractivity (Wildman–Crippen MR) is 124 cm³/mol. The fourth-order valence-corrected chi connectivity index (χ4v) is 4.67. The molecule has 1 N–H and O–H groups in total. The quantitative estimate of drug-likeness (QED) is 0.440. The van der Waals surface area contributed by atoms with E-state index in [-0.39, 0.29) is 5.91 Å². The molecule has 154 valence electrons. The van der Waals surface area contributed by atoms with Gasteiger partial charge in [0.25, 0.3) is 5.91 Å². The molecule has 1 amide bonds. The minimum absolute atomic E-state index is 0.0435. The molecule has 0 aliphatic rings. The Morgan fingerprint density at radius 1 is 1.07 bits per heavy atom. The minimum Gasteiger partial charge on any atom is -0.496 e. The molecule has 4 aromatic rings. The Balaban J connectivity index is 1.54. The van der Waals surface area contributed by atoms with Crippen LogP contribution >= 0.6 is 11.3 Å². The van der Waals surface area contributed by atoms with Gasteiger partial charge in [-0.05, 0) is 49.6 Å². The lowest BCUT2D eigenvalue weighted by molar-refractivity contribution is 0.0945. The van der Waals surface area contributed by atoms with Gasteiger partial charge >= 0.3 is 0 Å². The number of hydrogen-bond acceptors (Lipinski definition) is 3. The normalized spacial score (nSPS) is 11.0. The summed E-state index contributed by atoms with van der Waals surface area (Å²) in [7, 11) is 1.67. The second kappa shape index (κ2) is 8.76. The van der Waals surface area contributed by atoms with Crippen LogP contribution in [0.2, 0.25) is 0 Å². The highest BCUT2D eigenvalue weighted by Gasteiger charge is 2.17. The number of aromatic nitrogens is 1. The average Bonchev–Trinajstić information content (AvgIpc) is 3.27. The summed E-state index contributed by atoms with van der Waals surface area (Å²) in [4.78, 5) is 14.3. The second-order valence-electron chi connectivity index (χ2n) is 7.53. The molecule has 2 aromatic heterocycles. The van der Waals surface area contributed by atoms with Gasteiger partial charge in [-0.25, -0.2) is 0 Å². The van der Waals surface area contributed by atoms with Gasteiger partial charge in [-0.1, -0.05) is 48.0 Å². The first-order valence-corrected chi connectivity index (χ1v) is 10.9. The van der Waals surface area contributed by atoms with Crippen LogP contribution in [0.3, 0.4) is 0 Å². The number of nitrogens with zero attached hydrogens (tertiary/aromatic N) is 1. The van der Waals surface area contributed by atoms with Crippen molar-refractivity contribution in [2.45, 2.75) is 26.8 Å². The number of amides is 1. The Kier molecular flexibility index (Phi) is 5.91. The van der Waals surface area contributed by atoms with Crippen LogP contribution < -0.4 is 10.1 Å². The molecule has 4 nitrogen and oxygen atoms in total. The van der Waals surface area contributed by atoms with Crippen molar-refractivity contribution in [2.24, 2.45) is 0 Å². The van der Waals surface area contributed by atoms with Gasteiger partial charge in [0.15, 0.2) is 0 Å². The zero-order chi connectivity index (χ0) is 21.1. The van der Waals surface area contributed by atoms with Gasteiger partial charge in [0.1, 0.15) is 11.4 Å². The molecule has 0 aliphatic heterocycles. The number of para-hydroxylation sites is 1. The summed E-state index contributed by atoms with van der Waals surface area (Å²) in [6.07, 6.45) is 0.724. The van der Waals surface area contributed by atoms with Crippen LogP contribution in [0.5, 0.6) is 5.75 Å². The van der Waals surface area contributed by atoms with E-state index >= 15 is 0 Å². The van der Waals surface area contributed by atoms with E-state index < -0.39 is 0 Å². The standard InChI is InChI=1S/C25H26N2O2S/c1-17-8-10-19(11-9-17)16-27-21-14-18(2)30-24(21)15-22(27)25(28)26-13-12-20-6-4-5-7-23(20)29-3/h4-11,14-15H,12-13,16H2,1-3H3,(H,26,28). The van der Waals surface area contributed by atoms with Crippen molar-refractivity contribution in [2.75, 3.05) is 13.7 Å². The van der Waals surface area contributed by atoms with E-state index in [0.29, 0.717) is 18.8 Å². The third kappa shape index (κ3) is 4.26. The molecule has 2 aromatic carbocycles. The minimum atomic E-state index is -0.0435. The molecule has 0 unspecified atom stereocenters. The lowest BCUT2D eigenvalue weighted by Gasteiger charge is -2.12. The topological polar surface area (TPSA) is 43.3 Å². The van der Waals surface area contributed by atoms with Gasteiger partial charge in [-0.3, -0.25) is 4.79 Å². The Labute approximate surface area is 181 Å². The van der Waals surface area contributed by atoms with Gasteiger partial charge in [0.2, 0.25) is 0 Å². The zero-order valence-corrected chi connectivity index (χ0v) is 18.4. The molecule has 2 heterocycles. The van der Waals surface area contributed by atoms with E-state index in [4.69, 9.17) is 4.74 Å². The van der Waals surface area contributed by atoms with Crippen LogP contribution in [-0.2, 0) is 13.0 Å². The Morgan fingerprint density at radius 2 is 1.83 bits per heavy atom. The molecule has 0 radical (unpaired) electrons. The smallest absolute Gasteiger partial charge is 0.267 e. The third-order valence-electron chi connectivity index (χ3n) is 5.28. The number of aryl methyl sites for hydroxylation is 2. The largest absolute Gasteiger partial charge is 0.496 e. The maximum Gasteiger partial charge on any atom is 0.267 e. The second-order valence-corrected chi connectivity index (χ2v) is 8.81. The summed E-state index contributed by atoms with van der Waals surface area (Å²) >= 11 is 1.73. The number of methoxy groups -OCH3 is 1. The molecule has 0 saturated heterocycles. The molecule has 0 aliphatic carbocycles. The number of carbonyl (C=O) groups excluding carboxylic acids is 1. The molecule has 0 atom stereocenters. The zero-order valence-electron chi connectivity index (χ0n) is 17.6. The molecule has 0 fully saturated rings. The van der Waals surface area contributed by atoms with Crippen molar-refractivity contribution in [3.8, 4) is 5.75 Å². The van der Waals surface area contributed by atoms with Crippen molar-refractivity contribution in [3.05, 3.63) is 87.9 Å². The van der Waals surface area contributed by atoms with Crippen LogP contribution in [-0.4, -0.2) is 24.1 Å². The number of benzene rings is 2. The molecular weight excluding hydrogens is 392 g/mol. The summed E-state index contributed by atoms with van der Waals surface area (Å²) in [6.45, 7) is 5.42. The number of carbonyl (C=O) groups is 1. The van der Waals surface area contributed by atoms with Crippen molar-refractivity contribution in [3.63, 3.8) is 0 Å². The summed E-state index contributed by atoms with van der Waals surface area (Å²) in [6, 6.07) is 20.6. The van der Waals surface area contributed by atoms with Crippen LogP contribution in [0, 0.1) is 13.8 Å². The van der Waals surface area contributed by atoms with E-state index in [1.54, 1.807) is 18.4 Å². The first-order valence-electron chi connectivity index (χ1n) is 10.1. The van der Waals surface area contributed by atoms with Crippen LogP contribution in [0.1, 0.15) is 32.1 Å². The maximum absolute atomic E-state index is 13.0. The van der Waals surface area contributed by atoms with Gasteiger partial charge < -0.3 is 14.6 Å². The fraction of sp³-hybridized carbons (Fsp3) is 0.240. The predicted octanol–water partition coefficient (Wildman–Crippen LogP) is 5.35. The highest BCUT2D eigenvalue weighted by molar-refractivity contribution is 7.19. The van der Waals surface area contributed by atoms with Crippen molar-refractivity contribution in [1.29, 1.82) is 0 Å². The molecule has 0 saturated carbocycles. The van der Waals surface area contributed by atoms with Crippen molar-refractivity contribution < 1.29 is 9.53 Å². The van der Waals surface area contributed by atoms with E-state index in [9.17, 15) is 4.79 Å². The van der Waals surface area contributed by atoms with Gasteiger partial charge in [0, 0.05) is 18.0 Å². The van der Waals surface area contributed by atoms with Gasteiger partial charge in [-0.15, -0.1) is 11.3 Å². The molecule has 5 heteroatoms. The number of nitrogens with one attached hydrogen (secondary N) is 1. The molecular formula is C25H26N2O2S. The molecule has 0 bridgehead atoms. The molecule has 0 spiro atoms. The maximum atomic E-state index is 13.0. The number of hydrogen-bond donors (Lipinski definition) is 1. The van der Waals surface area contributed by atoms with E-state index in [1.807, 2.05) is 30.3 Å².